The van der Waals surface area contributed by atoms with E-state index in [4.69, 9.17) is 16.3 Å². The first-order valence-corrected chi connectivity index (χ1v) is 6.28. The normalized spacial score (nSPS) is 10.0. The molecule has 1 N–H and O–H groups in total. The van der Waals surface area contributed by atoms with Gasteiger partial charge >= 0.3 is 0 Å². The van der Waals surface area contributed by atoms with Crippen molar-refractivity contribution in [2.45, 2.75) is 0 Å². The first-order valence-electron chi connectivity index (χ1n) is 5.90. The molecule has 2 aromatic rings. The van der Waals surface area contributed by atoms with Crippen LogP contribution in [-0.4, -0.2) is 17.9 Å². The smallest absolute Gasteiger partial charge is 0.269 e. The summed E-state index contributed by atoms with van der Waals surface area (Å²) in [6.45, 7) is 0. The number of amides is 1. The van der Waals surface area contributed by atoms with Crippen molar-refractivity contribution in [3.8, 4) is 5.75 Å². The minimum absolute atomic E-state index is 0.0750. The number of non-ortho nitro benzene ring substituents is 1. The number of nitrogens with zero attached hydrogens (tertiary/aromatic N) is 1. The zero-order valence-electron chi connectivity index (χ0n) is 11.0. The van der Waals surface area contributed by atoms with Crippen LogP contribution >= 0.6 is 11.6 Å². The molecule has 6 nitrogen and oxygen atoms in total. The molecule has 0 radical (unpaired) electrons. The van der Waals surface area contributed by atoms with E-state index in [9.17, 15) is 14.9 Å². The van der Waals surface area contributed by atoms with Crippen molar-refractivity contribution >= 4 is 28.9 Å². The fraction of sp³-hybridized carbons (Fsp3) is 0.0714. The monoisotopic (exact) mass is 306 g/mol. The van der Waals surface area contributed by atoms with Crippen LogP contribution in [0.4, 0.5) is 11.4 Å². The van der Waals surface area contributed by atoms with Crippen molar-refractivity contribution in [2.75, 3.05) is 12.4 Å². The summed E-state index contributed by atoms with van der Waals surface area (Å²) < 4.78 is 5.01. The van der Waals surface area contributed by atoms with Gasteiger partial charge in [0, 0.05) is 23.8 Å². The fourth-order valence-electron chi connectivity index (χ4n) is 1.65. The maximum atomic E-state index is 12.0. The quantitative estimate of drug-likeness (QED) is 0.692. The maximum absolute atomic E-state index is 12.0. The third-order valence-electron chi connectivity index (χ3n) is 2.76. The molecular weight excluding hydrogens is 296 g/mol. The molecule has 21 heavy (non-hydrogen) atoms. The van der Waals surface area contributed by atoms with Gasteiger partial charge in [-0.05, 0) is 24.3 Å². The van der Waals surface area contributed by atoms with Crippen LogP contribution < -0.4 is 10.1 Å². The molecule has 0 aromatic heterocycles. The van der Waals surface area contributed by atoms with Gasteiger partial charge in [0.2, 0.25) is 0 Å². The molecule has 108 valence electrons. The number of hydrogen-bond acceptors (Lipinski definition) is 4. The van der Waals surface area contributed by atoms with Gasteiger partial charge < -0.3 is 10.1 Å². The van der Waals surface area contributed by atoms with Crippen molar-refractivity contribution in [3.63, 3.8) is 0 Å². The lowest BCUT2D eigenvalue weighted by Crippen LogP contribution is -2.12. The summed E-state index contributed by atoms with van der Waals surface area (Å²) in [5, 5.41) is 13.5. The number of carbonyl (C=O) groups excluding carboxylic acids is 1. The van der Waals surface area contributed by atoms with E-state index >= 15 is 0 Å². The van der Waals surface area contributed by atoms with Gasteiger partial charge in [0.1, 0.15) is 5.75 Å². The number of nitro benzene ring substituents is 1. The maximum Gasteiger partial charge on any atom is 0.269 e. The first kappa shape index (κ1) is 14.8. The molecule has 0 fully saturated rings. The number of rotatable bonds is 4. The molecule has 2 aromatic carbocycles. The van der Waals surface area contributed by atoms with Gasteiger partial charge in [-0.15, -0.1) is 0 Å². The molecule has 0 spiro atoms. The van der Waals surface area contributed by atoms with E-state index in [0.29, 0.717) is 22.0 Å². The van der Waals surface area contributed by atoms with Crippen LogP contribution in [0.5, 0.6) is 5.75 Å². The zero-order valence-corrected chi connectivity index (χ0v) is 11.8. The molecule has 0 aliphatic carbocycles. The molecule has 2 rings (SSSR count). The van der Waals surface area contributed by atoms with E-state index in [-0.39, 0.29) is 5.69 Å². The van der Waals surface area contributed by atoms with Crippen molar-refractivity contribution in [1.82, 2.24) is 0 Å². The zero-order chi connectivity index (χ0) is 15.4. The topological polar surface area (TPSA) is 81.5 Å². The number of carbonyl (C=O) groups is 1. The number of halogens is 1. The molecule has 7 heteroatoms. The van der Waals surface area contributed by atoms with Crippen LogP contribution in [0.2, 0.25) is 5.02 Å². The summed E-state index contributed by atoms with van der Waals surface area (Å²) in [7, 11) is 1.51. The SMILES string of the molecule is COc1ccc(NC(=O)c2ccc([N+](=O)[O-])cc2)c(Cl)c1. The Morgan fingerprint density at radius 2 is 1.90 bits per heavy atom. The van der Waals surface area contributed by atoms with Crippen LogP contribution in [0.15, 0.2) is 42.5 Å². The van der Waals surface area contributed by atoms with Crippen LogP contribution in [0.25, 0.3) is 0 Å². The Kier molecular flexibility index (Phi) is 4.39. The number of nitrogens with one attached hydrogen (secondary N) is 1. The lowest BCUT2D eigenvalue weighted by atomic mass is 10.2. The predicted octanol–water partition coefficient (Wildman–Crippen LogP) is 3.51. The highest BCUT2D eigenvalue weighted by molar-refractivity contribution is 6.34. The summed E-state index contributed by atoms with van der Waals surface area (Å²) in [5.74, 6) is 0.172. The second kappa shape index (κ2) is 6.23. The number of anilines is 1. The van der Waals surface area contributed by atoms with E-state index in [1.54, 1.807) is 18.2 Å². The summed E-state index contributed by atoms with van der Waals surface area (Å²) in [4.78, 5) is 22.1. The van der Waals surface area contributed by atoms with Crippen molar-refractivity contribution in [1.29, 1.82) is 0 Å². The predicted molar refractivity (Wildman–Crippen MR) is 79.1 cm³/mol. The van der Waals surface area contributed by atoms with E-state index in [1.807, 2.05) is 0 Å². The number of ether oxygens (including phenoxy) is 1. The second-order valence-electron chi connectivity index (χ2n) is 4.10. The largest absolute Gasteiger partial charge is 0.497 e. The van der Waals surface area contributed by atoms with Crippen LogP contribution in [-0.2, 0) is 0 Å². The minimum atomic E-state index is -0.526. The Morgan fingerprint density at radius 1 is 1.24 bits per heavy atom. The van der Waals surface area contributed by atoms with Gasteiger partial charge in [-0.25, -0.2) is 0 Å². The molecule has 0 saturated heterocycles. The highest BCUT2D eigenvalue weighted by Gasteiger charge is 2.11. The molecule has 0 aliphatic heterocycles. The summed E-state index contributed by atoms with van der Waals surface area (Å²) in [6.07, 6.45) is 0. The van der Waals surface area contributed by atoms with Crippen molar-refractivity contribution in [3.05, 3.63) is 63.2 Å². The van der Waals surface area contributed by atoms with Crippen molar-refractivity contribution < 1.29 is 14.5 Å². The lowest BCUT2D eigenvalue weighted by molar-refractivity contribution is -0.384. The van der Waals surface area contributed by atoms with Crippen LogP contribution in [0.1, 0.15) is 10.4 Å². The first-order chi connectivity index (χ1) is 10.0. The van der Waals surface area contributed by atoms with Crippen LogP contribution in [0, 0.1) is 10.1 Å². The average Bonchev–Trinajstić information content (AvgIpc) is 2.49. The molecule has 0 heterocycles. The van der Waals surface area contributed by atoms with E-state index in [1.165, 1.54) is 31.4 Å². The molecule has 0 saturated carbocycles. The molecule has 0 unspecified atom stereocenters. The van der Waals surface area contributed by atoms with Gasteiger partial charge in [0.25, 0.3) is 11.6 Å². The Labute approximate surface area is 125 Å². The van der Waals surface area contributed by atoms with Gasteiger partial charge in [0.05, 0.1) is 22.7 Å². The highest BCUT2D eigenvalue weighted by atomic mass is 35.5. The average molecular weight is 307 g/mol. The molecular formula is C14H11ClN2O4. The van der Waals surface area contributed by atoms with Crippen molar-refractivity contribution in [2.24, 2.45) is 0 Å². The Balaban J connectivity index is 2.16. The van der Waals surface area contributed by atoms with Gasteiger partial charge in [-0.3, -0.25) is 14.9 Å². The Bertz CT molecular complexity index is 686. The van der Waals surface area contributed by atoms with E-state index in [2.05, 4.69) is 5.32 Å². The van der Waals surface area contributed by atoms with Gasteiger partial charge in [-0.2, -0.15) is 0 Å². The molecule has 0 aliphatic rings. The minimum Gasteiger partial charge on any atom is -0.497 e. The van der Waals surface area contributed by atoms with Crippen LogP contribution in [0.3, 0.4) is 0 Å². The summed E-state index contributed by atoms with van der Waals surface area (Å²) in [5.41, 5.74) is 0.655. The fourth-order valence-corrected chi connectivity index (χ4v) is 1.87. The second-order valence-corrected chi connectivity index (χ2v) is 4.51. The number of benzene rings is 2. The summed E-state index contributed by atoms with van der Waals surface area (Å²) >= 11 is 6.02. The number of hydrogen-bond donors (Lipinski definition) is 1. The Hall–Kier alpha value is -2.60. The number of methoxy groups -OCH3 is 1. The van der Waals surface area contributed by atoms with E-state index < -0.39 is 10.8 Å². The standard InChI is InChI=1S/C14H11ClN2O4/c1-21-11-6-7-13(12(15)8-11)16-14(18)9-2-4-10(5-3-9)17(19)20/h2-8H,1H3,(H,16,18). The van der Waals surface area contributed by atoms with Gasteiger partial charge in [-0.1, -0.05) is 11.6 Å². The number of nitro groups is 1. The third kappa shape index (κ3) is 3.49. The van der Waals surface area contributed by atoms with Gasteiger partial charge in [0.15, 0.2) is 0 Å². The Morgan fingerprint density at radius 3 is 2.43 bits per heavy atom. The molecule has 0 atom stereocenters. The lowest BCUT2D eigenvalue weighted by Gasteiger charge is -2.08. The highest BCUT2D eigenvalue weighted by Crippen LogP contribution is 2.27. The summed E-state index contributed by atoms with van der Waals surface area (Å²) in [6, 6.07) is 10.2. The molecule has 0 bridgehead atoms. The van der Waals surface area contributed by atoms with E-state index in [0.717, 1.165) is 0 Å². The third-order valence-corrected chi connectivity index (χ3v) is 3.08. The molecule has 1 amide bonds.